The Labute approximate surface area is 273 Å². The van der Waals surface area contributed by atoms with Gasteiger partial charge in [-0.1, -0.05) is 113 Å². The minimum Gasteiger partial charge on any atom is -0.455 e. The lowest BCUT2D eigenvalue weighted by Crippen LogP contribution is -2.09. The van der Waals surface area contributed by atoms with Crippen LogP contribution in [0.25, 0.3) is 72.3 Å². The Balaban J connectivity index is 1.43. The molecule has 47 heavy (non-hydrogen) atoms. The lowest BCUT2D eigenvalue weighted by atomic mass is 9.88. The first-order valence-corrected chi connectivity index (χ1v) is 16.3. The number of hydrogen-bond donors (Lipinski definition) is 0. The zero-order valence-electron chi connectivity index (χ0n) is 27.0. The second-order valence-corrected chi connectivity index (χ2v) is 12.9. The monoisotopic (exact) mass is 614 g/mol. The van der Waals surface area contributed by atoms with E-state index in [0.717, 1.165) is 44.4 Å². The molecule has 230 valence electrons. The summed E-state index contributed by atoms with van der Waals surface area (Å²) in [4.78, 5) is 5.27. The number of rotatable bonds is 6. The summed E-state index contributed by atoms with van der Waals surface area (Å²) < 4.78 is 24.6. The first-order chi connectivity index (χ1) is 22.9. The fraction of sp³-hybridized carbons (Fsp3) is 0.140. The molecule has 0 saturated carbocycles. The van der Waals surface area contributed by atoms with Gasteiger partial charge in [0.2, 0.25) is 0 Å². The Morgan fingerprint density at radius 3 is 1.91 bits per heavy atom. The highest BCUT2D eigenvalue weighted by atomic mass is 19.1. The highest BCUT2D eigenvalue weighted by Gasteiger charge is 2.25. The van der Waals surface area contributed by atoms with E-state index < -0.39 is 0 Å². The Kier molecular flexibility index (Phi) is 7.02. The number of aromatic nitrogens is 2. The van der Waals surface area contributed by atoms with Crippen molar-refractivity contribution < 1.29 is 8.81 Å². The van der Waals surface area contributed by atoms with Crippen molar-refractivity contribution in [1.29, 1.82) is 0 Å². The van der Waals surface area contributed by atoms with E-state index in [2.05, 4.69) is 99.0 Å². The number of fused-ring (bicyclic) bond motifs is 4. The molecule has 2 heterocycles. The van der Waals surface area contributed by atoms with Crippen molar-refractivity contribution in [3.63, 3.8) is 0 Å². The number of benzene rings is 6. The van der Waals surface area contributed by atoms with E-state index in [-0.39, 0.29) is 17.7 Å². The van der Waals surface area contributed by atoms with Gasteiger partial charge in [-0.15, -0.1) is 0 Å². The average molecular weight is 615 g/mol. The highest BCUT2D eigenvalue weighted by molar-refractivity contribution is 6.10. The van der Waals surface area contributed by atoms with Crippen molar-refractivity contribution in [3.05, 3.63) is 144 Å². The van der Waals surface area contributed by atoms with E-state index in [1.54, 1.807) is 6.07 Å². The number of halogens is 1. The zero-order chi connectivity index (χ0) is 32.2. The Morgan fingerprint density at radius 1 is 0.596 bits per heavy atom. The predicted molar refractivity (Wildman–Crippen MR) is 193 cm³/mol. The van der Waals surface area contributed by atoms with Gasteiger partial charge in [-0.05, 0) is 82.1 Å². The number of hydrogen-bond acceptors (Lipinski definition) is 2. The van der Waals surface area contributed by atoms with Gasteiger partial charge in [-0.3, -0.25) is 4.57 Å². The van der Waals surface area contributed by atoms with E-state index in [0.29, 0.717) is 16.7 Å². The third kappa shape index (κ3) is 4.83. The van der Waals surface area contributed by atoms with Gasteiger partial charge in [0.15, 0.2) is 0 Å². The van der Waals surface area contributed by atoms with Crippen molar-refractivity contribution in [2.75, 3.05) is 0 Å². The summed E-state index contributed by atoms with van der Waals surface area (Å²) in [6.07, 6.45) is 0. The van der Waals surface area contributed by atoms with Crippen LogP contribution < -0.4 is 0 Å². The molecule has 0 bridgehead atoms. The topological polar surface area (TPSA) is 31.0 Å². The second-order valence-electron chi connectivity index (χ2n) is 12.9. The molecule has 0 amide bonds. The smallest absolute Gasteiger partial charge is 0.149 e. The minimum atomic E-state index is -0.273. The number of furan rings is 1. The largest absolute Gasteiger partial charge is 0.455 e. The quantitative estimate of drug-likeness (QED) is 0.187. The lowest BCUT2D eigenvalue weighted by Gasteiger charge is -2.24. The Bertz CT molecular complexity index is 2390. The SMILES string of the molecule is CC(C)c1cc(-c2ccccc2)cc(C(C)C)c1-n1c(-c2cccc3c2oc2cc(-c4ccccc4)c(F)cc23)nc2ccccc21. The van der Waals surface area contributed by atoms with Crippen LogP contribution in [-0.2, 0) is 0 Å². The molecule has 4 heteroatoms. The summed E-state index contributed by atoms with van der Waals surface area (Å²) in [5.41, 5.74) is 11.6. The summed E-state index contributed by atoms with van der Waals surface area (Å²) >= 11 is 0. The zero-order valence-corrected chi connectivity index (χ0v) is 27.0. The Morgan fingerprint density at radius 2 is 1.23 bits per heavy atom. The van der Waals surface area contributed by atoms with E-state index in [1.807, 2.05) is 54.6 Å². The van der Waals surface area contributed by atoms with Gasteiger partial charge in [0.05, 0.1) is 22.3 Å². The summed E-state index contributed by atoms with van der Waals surface area (Å²) in [7, 11) is 0. The molecule has 8 aromatic rings. The molecular weight excluding hydrogens is 579 g/mol. The van der Waals surface area contributed by atoms with Crippen molar-refractivity contribution in [1.82, 2.24) is 9.55 Å². The van der Waals surface area contributed by atoms with Crippen LogP contribution in [0.3, 0.4) is 0 Å². The number of nitrogens with zero attached hydrogens (tertiary/aromatic N) is 2. The van der Waals surface area contributed by atoms with Crippen molar-refractivity contribution in [2.45, 2.75) is 39.5 Å². The summed E-state index contributed by atoms with van der Waals surface area (Å²) in [5.74, 6) is 1.03. The summed E-state index contributed by atoms with van der Waals surface area (Å²) in [6.45, 7) is 9.04. The minimum absolute atomic E-state index is 0.251. The number of imidazole rings is 1. The maximum atomic E-state index is 15.6. The molecule has 0 aliphatic heterocycles. The van der Waals surface area contributed by atoms with Gasteiger partial charge >= 0.3 is 0 Å². The van der Waals surface area contributed by atoms with Crippen LogP contribution in [0.4, 0.5) is 4.39 Å². The first kappa shape index (κ1) is 29.0. The maximum Gasteiger partial charge on any atom is 0.149 e. The third-order valence-electron chi connectivity index (χ3n) is 9.22. The van der Waals surface area contributed by atoms with Crippen LogP contribution in [0.5, 0.6) is 0 Å². The molecule has 2 aromatic heterocycles. The van der Waals surface area contributed by atoms with Crippen molar-refractivity contribution in [3.8, 4) is 39.3 Å². The molecular formula is C43H35FN2O. The normalized spacial score (nSPS) is 11.9. The van der Waals surface area contributed by atoms with Gasteiger partial charge in [-0.2, -0.15) is 0 Å². The van der Waals surface area contributed by atoms with Crippen LogP contribution in [-0.4, -0.2) is 9.55 Å². The van der Waals surface area contributed by atoms with Crippen LogP contribution in [0.1, 0.15) is 50.7 Å². The average Bonchev–Trinajstić information content (AvgIpc) is 3.66. The molecule has 0 unspecified atom stereocenters. The molecule has 6 aromatic carbocycles. The van der Waals surface area contributed by atoms with Crippen LogP contribution in [0.15, 0.2) is 132 Å². The summed E-state index contributed by atoms with van der Waals surface area (Å²) in [5, 5.41) is 1.61. The summed E-state index contributed by atoms with van der Waals surface area (Å²) in [6, 6.07) is 42.7. The van der Waals surface area contributed by atoms with Gasteiger partial charge < -0.3 is 4.42 Å². The molecule has 3 nitrogen and oxygen atoms in total. The van der Waals surface area contributed by atoms with E-state index in [9.17, 15) is 0 Å². The van der Waals surface area contributed by atoms with Gasteiger partial charge in [0, 0.05) is 16.3 Å². The maximum absolute atomic E-state index is 15.6. The van der Waals surface area contributed by atoms with E-state index in [1.165, 1.54) is 22.3 Å². The third-order valence-corrected chi connectivity index (χ3v) is 9.22. The molecule has 0 saturated heterocycles. The molecule has 0 N–H and O–H groups in total. The fourth-order valence-electron chi connectivity index (χ4n) is 6.88. The lowest BCUT2D eigenvalue weighted by molar-refractivity contribution is 0.629. The molecule has 8 rings (SSSR count). The fourth-order valence-corrected chi connectivity index (χ4v) is 6.88. The van der Waals surface area contributed by atoms with Gasteiger partial charge in [-0.25, -0.2) is 9.37 Å². The van der Waals surface area contributed by atoms with Crippen molar-refractivity contribution >= 4 is 33.0 Å². The molecule has 0 aliphatic carbocycles. The van der Waals surface area contributed by atoms with Crippen LogP contribution in [0, 0.1) is 5.82 Å². The van der Waals surface area contributed by atoms with Crippen LogP contribution >= 0.6 is 0 Å². The molecule has 0 spiro atoms. The van der Waals surface area contributed by atoms with E-state index >= 15 is 4.39 Å². The first-order valence-electron chi connectivity index (χ1n) is 16.3. The number of para-hydroxylation sites is 3. The predicted octanol–water partition coefficient (Wildman–Crippen LogP) is 12.3. The molecule has 0 atom stereocenters. The van der Waals surface area contributed by atoms with E-state index in [4.69, 9.17) is 9.40 Å². The second kappa shape index (κ2) is 11.4. The molecule has 0 fully saturated rings. The standard InChI is InChI=1S/C43H35FN2O/c1-26(2)33-22-30(28-14-7-5-8-15-28)23-34(27(3)4)41(33)46-39-21-12-11-20-38(39)45-43(46)32-19-13-18-31-36-24-37(44)35(25-40(36)47-42(31)32)29-16-9-6-10-17-29/h5-27H,1-4H3. The molecule has 0 radical (unpaired) electrons. The van der Waals surface area contributed by atoms with Crippen LogP contribution in [0.2, 0.25) is 0 Å². The van der Waals surface area contributed by atoms with Gasteiger partial charge in [0.25, 0.3) is 0 Å². The Hall–Kier alpha value is -5.48. The highest BCUT2D eigenvalue weighted by Crippen LogP contribution is 2.43. The molecule has 0 aliphatic rings. The van der Waals surface area contributed by atoms with Crippen molar-refractivity contribution in [2.24, 2.45) is 0 Å². The van der Waals surface area contributed by atoms with Gasteiger partial charge in [0.1, 0.15) is 22.8 Å².